The number of ether oxygens (including phenoxy) is 1. The Morgan fingerprint density at radius 1 is 1.06 bits per heavy atom. The Balaban J connectivity index is 1.66. The van der Waals surface area contributed by atoms with E-state index in [4.69, 9.17) is 4.74 Å². The van der Waals surface area contributed by atoms with Gasteiger partial charge in [0.25, 0.3) is 5.56 Å². The largest absolute Gasteiger partial charge is 0.462 e. The van der Waals surface area contributed by atoms with E-state index in [1.54, 1.807) is 11.5 Å². The van der Waals surface area contributed by atoms with Gasteiger partial charge in [-0.05, 0) is 40.5 Å². The first-order valence-electron chi connectivity index (χ1n) is 11.3. The van der Waals surface area contributed by atoms with Gasteiger partial charge in [0.15, 0.2) is 5.82 Å². The summed E-state index contributed by atoms with van der Waals surface area (Å²) < 4.78 is 6.61. The number of carbonyl (C=O) groups is 1. The highest BCUT2D eigenvalue weighted by atomic mass is 16.5. The Labute approximate surface area is 196 Å². The van der Waals surface area contributed by atoms with Crippen LogP contribution in [-0.2, 0) is 17.7 Å². The molecule has 0 aliphatic carbocycles. The molecule has 34 heavy (non-hydrogen) atoms. The van der Waals surface area contributed by atoms with Crippen LogP contribution in [0.25, 0.3) is 22.5 Å². The molecule has 2 aromatic carbocycles. The predicted molar refractivity (Wildman–Crippen MR) is 127 cm³/mol. The van der Waals surface area contributed by atoms with Crippen LogP contribution in [-0.4, -0.2) is 42.8 Å². The first-order valence-corrected chi connectivity index (χ1v) is 11.3. The topological polar surface area (TPSA) is 116 Å². The predicted octanol–water partition coefficient (Wildman–Crippen LogP) is 3.66. The van der Waals surface area contributed by atoms with E-state index in [-0.39, 0.29) is 17.7 Å². The normalized spacial score (nSPS) is 10.9. The summed E-state index contributed by atoms with van der Waals surface area (Å²) in [5.74, 6) is 0.602. The summed E-state index contributed by atoms with van der Waals surface area (Å²) in [6, 6.07) is 15.8. The molecule has 1 N–H and O–H groups in total. The fraction of sp³-hybridized carbons (Fsp3) is 0.280. The number of aromatic amines is 1. The van der Waals surface area contributed by atoms with Crippen molar-refractivity contribution >= 4 is 5.97 Å². The minimum absolute atomic E-state index is 0.0479. The van der Waals surface area contributed by atoms with E-state index in [2.05, 4.69) is 32.5 Å². The molecular formula is C25H26N6O3. The molecule has 9 heteroatoms. The molecule has 2 heterocycles. The second-order valence-electron chi connectivity index (χ2n) is 7.80. The maximum absolute atomic E-state index is 13.1. The monoisotopic (exact) mass is 458 g/mol. The Hall–Kier alpha value is -4.14. The van der Waals surface area contributed by atoms with Crippen LogP contribution in [0.3, 0.4) is 0 Å². The number of unbranched alkanes of at least 4 members (excludes halogenated alkanes) is 1. The van der Waals surface area contributed by atoms with Crippen LogP contribution in [0, 0.1) is 0 Å². The van der Waals surface area contributed by atoms with Gasteiger partial charge in [-0.2, -0.15) is 0 Å². The van der Waals surface area contributed by atoms with Crippen molar-refractivity contribution in [3.63, 3.8) is 0 Å². The van der Waals surface area contributed by atoms with E-state index < -0.39 is 5.97 Å². The zero-order chi connectivity index (χ0) is 23.9. The minimum Gasteiger partial charge on any atom is -0.462 e. The van der Waals surface area contributed by atoms with E-state index in [1.807, 2.05) is 48.5 Å². The van der Waals surface area contributed by atoms with Crippen LogP contribution in [0.4, 0.5) is 0 Å². The van der Waals surface area contributed by atoms with Gasteiger partial charge >= 0.3 is 5.97 Å². The number of tetrazole rings is 1. The van der Waals surface area contributed by atoms with E-state index in [9.17, 15) is 9.59 Å². The molecule has 4 aromatic rings. The van der Waals surface area contributed by atoms with Gasteiger partial charge in [0.05, 0.1) is 13.2 Å². The van der Waals surface area contributed by atoms with E-state index in [0.717, 1.165) is 35.1 Å². The summed E-state index contributed by atoms with van der Waals surface area (Å²) in [6.45, 7) is 4.30. The van der Waals surface area contributed by atoms with Gasteiger partial charge in [-0.3, -0.25) is 9.36 Å². The van der Waals surface area contributed by atoms with Crippen molar-refractivity contribution in [3.8, 4) is 22.5 Å². The lowest BCUT2D eigenvalue weighted by Gasteiger charge is -2.14. The van der Waals surface area contributed by atoms with E-state index in [0.29, 0.717) is 24.6 Å². The fourth-order valence-corrected chi connectivity index (χ4v) is 3.76. The smallest absolute Gasteiger partial charge is 0.345 e. The second-order valence-corrected chi connectivity index (χ2v) is 7.80. The van der Waals surface area contributed by atoms with Crippen LogP contribution >= 0.6 is 0 Å². The van der Waals surface area contributed by atoms with Crippen LogP contribution in [0.15, 0.2) is 59.5 Å². The fourth-order valence-electron chi connectivity index (χ4n) is 3.76. The average Bonchev–Trinajstić information content (AvgIpc) is 3.40. The molecule has 2 aromatic heterocycles. The molecular weight excluding hydrogens is 432 g/mol. The summed E-state index contributed by atoms with van der Waals surface area (Å²) in [5, 5.41) is 14.2. The van der Waals surface area contributed by atoms with Gasteiger partial charge in [-0.25, -0.2) is 14.9 Å². The molecule has 174 valence electrons. The van der Waals surface area contributed by atoms with Crippen molar-refractivity contribution in [2.45, 2.75) is 39.7 Å². The molecule has 0 spiro atoms. The second kappa shape index (κ2) is 10.7. The van der Waals surface area contributed by atoms with Gasteiger partial charge in [-0.15, -0.1) is 5.10 Å². The quantitative estimate of drug-likeness (QED) is 0.381. The Morgan fingerprint density at radius 3 is 2.50 bits per heavy atom. The number of aryl methyl sites for hydroxylation is 1. The summed E-state index contributed by atoms with van der Waals surface area (Å²) in [4.78, 5) is 29.8. The van der Waals surface area contributed by atoms with Gasteiger partial charge in [0, 0.05) is 18.2 Å². The number of carbonyl (C=O) groups excluding carboxylic acids is 1. The number of hydrogen-bond donors (Lipinski definition) is 1. The molecule has 0 unspecified atom stereocenters. The zero-order valence-electron chi connectivity index (χ0n) is 19.2. The molecule has 0 aliphatic rings. The molecule has 0 fully saturated rings. The van der Waals surface area contributed by atoms with Gasteiger partial charge in [0.1, 0.15) is 11.4 Å². The molecule has 0 saturated carbocycles. The Bertz CT molecular complexity index is 1310. The van der Waals surface area contributed by atoms with Crippen LogP contribution in [0.5, 0.6) is 0 Å². The van der Waals surface area contributed by atoms with E-state index in [1.165, 1.54) is 6.20 Å². The number of nitrogens with one attached hydrogen (secondary N) is 1. The maximum atomic E-state index is 13.1. The lowest BCUT2D eigenvalue weighted by Crippen LogP contribution is -2.31. The van der Waals surface area contributed by atoms with Crippen LogP contribution < -0.4 is 5.56 Å². The van der Waals surface area contributed by atoms with E-state index >= 15 is 0 Å². The number of hydrogen-bond acceptors (Lipinski definition) is 7. The molecule has 4 rings (SSSR count). The molecule has 0 amide bonds. The van der Waals surface area contributed by atoms with Gasteiger partial charge < -0.3 is 4.74 Å². The van der Waals surface area contributed by atoms with Crippen molar-refractivity contribution in [3.05, 3.63) is 82.0 Å². The third-order valence-electron chi connectivity index (χ3n) is 5.51. The lowest BCUT2D eigenvalue weighted by molar-refractivity contribution is 0.0522. The number of benzene rings is 2. The summed E-state index contributed by atoms with van der Waals surface area (Å²) in [6.07, 6.45) is 3.87. The molecule has 0 radical (unpaired) electrons. The number of esters is 1. The zero-order valence-corrected chi connectivity index (χ0v) is 19.2. The Kier molecular flexibility index (Phi) is 7.22. The standard InChI is InChI=1S/C25H26N6O3/c1-3-5-10-22-26-15-21(25(33)34-4-2)24(32)31(22)16-17-11-13-18(14-12-17)19-8-6-7-9-20(19)23-27-29-30-28-23/h6-9,11-15H,3-5,10,16H2,1-2H3,(H,27,28,29,30). The summed E-state index contributed by atoms with van der Waals surface area (Å²) >= 11 is 0. The first-order chi connectivity index (χ1) is 16.6. The molecule has 9 nitrogen and oxygen atoms in total. The third kappa shape index (κ3) is 4.93. The van der Waals surface area contributed by atoms with Crippen molar-refractivity contribution in [2.75, 3.05) is 6.61 Å². The van der Waals surface area contributed by atoms with Crippen LogP contribution in [0.2, 0.25) is 0 Å². The maximum Gasteiger partial charge on any atom is 0.345 e. The Morgan fingerprint density at radius 2 is 1.82 bits per heavy atom. The number of nitrogens with zero attached hydrogens (tertiary/aromatic N) is 5. The highest BCUT2D eigenvalue weighted by molar-refractivity contribution is 5.88. The molecule has 0 bridgehead atoms. The highest BCUT2D eigenvalue weighted by Crippen LogP contribution is 2.29. The SMILES string of the molecule is CCCCc1ncc(C(=O)OCC)c(=O)n1Cc1ccc(-c2ccccc2-c2nnn[nH]2)cc1. The number of rotatable bonds is 9. The van der Waals surface area contributed by atoms with Crippen molar-refractivity contribution in [2.24, 2.45) is 0 Å². The van der Waals surface area contributed by atoms with Crippen molar-refractivity contribution in [1.29, 1.82) is 0 Å². The highest BCUT2D eigenvalue weighted by Gasteiger charge is 2.18. The molecule has 0 saturated heterocycles. The summed E-state index contributed by atoms with van der Waals surface area (Å²) in [7, 11) is 0. The van der Waals surface area contributed by atoms with Gasteiger partial charge in [0.2, 0.25) is 0 Å². The lowest BCUT2D eigenvalue weighted by atomic mass is 9.98. The van der Waals surface area contributed by atoms with Crippen molar-refractivity contribution in [1.82, 2.24) is 30.2 Å². The number of H-pyrrole nitrogens is 1. The third-order valence-corrected chi connectivity index (χ3v) is 5.51. The molecule has 0 aliphatic heterocycles. The summed E-state index contributed by atoms with van der Waals surface area (Å²) in [5.41, 5.74) is 3.36. The number of aromatic nitrogens is 6. The average molecular weight is 459 g/mol. The first kappa shape index (κ1) is 23.0. The van der Waals surface area contributed by atoms with Crippen LogP contribution in [0.1, 0.15) is 48.4 Å². The minimum atomic E-state index is -0.648. The van der Waals surface area contributed by atoms with Crippen molar-refractivity contribution < 1.29 is 9.53 Å². The van der Waals surface area contributed by atoms with Gasteiger partial charge in [-0.1, -0.05) is 61.9 Å². The molecule has 0 atom stereocenters.